The Balaban J connectivity index is 1.58. The molecule has 2 aliphatic heterocycles. The molecule has 1 atom stereocenters. The van der Waals surface area contributed by atoms with Crippen LogP contribution in [0, 0.1) is 5.92 Å². The van der Waals surface area contributed by atoms with E-state index in [-0.39, 0.29) is 5.60 Å². The van der Waals surface area contributed by atoms with Crippen molar-refractivity contribution < 1.29 is 13.2 Å². The van der Waals surface area contributed by atoms with Crippen molar-refractivity contribution in [2.75, 3.05) is 26.0 Å². The Hall–Kier alpha value is -1.05. The first-order valence-corrected chi connectivity index (χ1v) is 9.15. The van der Waals surface area contributed by atoms with Crippen LogP contribution in [-0.4, -0.2) is 54.2 Å². The van der Waals surface area contributed by atoms with Gasteiger partial charge in [-0.1, -0.05) is 0 Å². The second kappa shape index (κ2) is 5.62. The Kier molecular flexibility index (Phi) is 3.98. The average molecular weight is 311 g/mol. The summed E-state index contributed by atoms with van der Waals surface area (Å²) < 4.78 is 30.8. The molecule has 2 saturated heterocycles. The molecule has 0 amide bonds. The molecule has 1 spiro atoms. The second-order valence-corrected chi connectivity index (χ2v) is 8.16. The highest BCUT2D eigenvalue weighted by molar-refractivity contribution is 7.88. The number of piperidine rings is 1. The van der Waals surface area contributed by atoms with Crippen LogP contribution in [0.4, 0.5) is 0 Å². The molecule has 0 bridgehead atoms. The van der Waals surface area contributed by atoms with E-state index in [4.69, 9.17) is 4.74 Å². The Morgan fingerprint density at radius 3 is 2.62 bits per heavy atom. The van der Waals surface area contributed by atoms with E-state index in [0.29, 0.717) is 19.0 Å². The van der Waals surface area contributed by atoms with Gasteiger partial charge in [-0.3, -0.25) is 0 Å². The molecule has 6 nitrogen and oxygen atoms in total. The van der Waals surface area contributed by atoms with E-state index in [1.165, 1.54) is 12.6 Å². The number of ether oxygens (including phenoxy) is 1. The number of nitrogens with zero attached hydrogens (tertiary/aromatic N) is 3. The Morgan fingerprint density at radius 2 is 2.00 bits per heavy atom. The minimum absolute atomic E-state index is 0.124. The van der Waals surface area contributed by atoms with E-state index in [0.717, 1.165) is 37.9 Å². The lowest BCUT2D eigenvalue weighted by molar-refractivity contribution is -0.0313. The van der Waals surface area contributed by atoms with Crippen LogP contribution in [0.3, 0.4) is 0 Å². The Labute approximate surface area is 125 Å². The summed E-state index contributed by atoms with van der Waals surface area (Å²) in [6.45, 7) is 1.88. The van der Waals surface area contributed by atoms with Gasteiger partial charge in [0.2, 0.25) is 10.0 Å². The molecule has 116 valence electrons. The lowest BCUT2D eigenvalue weighted by atomic mass is 9.84. The van der Waals surface area contributed by atoms with Gasteiger partial charge in [-0.2, -0.15) is 0 Å². The molecule has 1 aromatic rings. The minimum Gasteiger partial charge on any atom is -0.375 e. The Bertz CT molecular complexity index is 583. The molecule has 0 saturated carbocycles. The van der Waals surface area contributed by atoms with E-state index < -0.39 is 10.0 Å². The fourth-order valence-electron chi connectivity index (χ4n) is 3.41. The summed E-state index contributed by atoms with van der Waals surface area (Å²) in [5.74, 6) is 0.473. The van der Waals surface area contributed by atoms with Gasteiger partial charge in [-0.05, 0) is 37.2 Å². The molecular weight excluding hydrogens is 290 g/mol. The van der Waals surface area contributed by atoms with Gasteiger partial charge in [0, 0.05) is 25.5 Å². The zero-order chi connectivity index (χ0) is 14.9. The van der Waals surface area contributed by atoms with Crippen molar-refractivity contribution in [1.82, 2.24) is 14.3 Å². The van der Waals surface area contributed by atoms with Gasteiger partial charge in [-0.15, -0.1) is 0 Å². The number of rotatable bonds is 3. The summed E-state index contributed by atoms with van der Waals surface area (Å²) in [6.07, 6.45) is 10.0. The van der Waals surface area contributed by atoms with Crippen LogP contribution >= 0.6 is 0 Å². The van der Waals surface area contributed by atoms with Crippen molar-refractivity contribution in [2.24, 2.45) is 5.92 Å². The smallest absolute Gasteiger partial charge is 0.211 e. The molecule has 0 radical (unpaired) electrons. The maximum atomic E-state index is 11.6. The number of hydrogen-bond donors (Lipinski definition) is 0. The lowest BCUT2D eigenvalue weighted by Crippen LogP contribution is -2.46. The lowest BCUT2D eigenvalue weighted by Gasteiger charge is -2.37. The molecule has 0 aliphatic carbocycles. The number of sulfonamides is 1. The molecule has 0 N–H and O–H groups in total. The zero-order valence-electron chi connectivity index (χ0n) is 12.2. The maximum absolute atomic E-state index is 11.6. The van der Waals surface area contributed by atoms with Gasteiger partial charge in [-0.25, -0.2) is 22.7 Å². The molecule has 2 aliphatic rings. The van der Waals surface area contributed by atoms with Crippen LogP contribution in [0.1, 0.15) is 24.8 Å². The fraction of sp³-hybridized carbons (Fsp3) is 0.714. The van der Waals surface area contributed by atoms with Gasteiger partial charge < -0.3 is 4.74 Å². The van der Waals surface area contributed by atoms with Crippen LogP contribution in [-0.2, 0) is 21.2 Å². The van der Waals surface area contributed by atoms with E-state index in [1.54, 1.807) is 4.31 Å². The van der Waals surface area contributed by atoms with Crippen molar-refractivity contribution in [3.63, 3.8) is 0 Å². The van der Waals surface area contributed by atoms with E-state index in [2.05, 4.69) is 9.97 Å². The molecule has 2 fully saturated rings. The summed E-state index contributed by atoms with van der Waals surface area (Å²) >= 11 is 0. The predicted octanol–water partition coefficient (Wildman–Crippen LogP) is 0.850. The maximum Gasteiger partial charge on any atom is 0.211 e. The molecule has 7 heteroatoms. The quantitative estimate of drug-likeness (QED) is 0.827. The summed E-state index contributed by atoms with van der Waals surface area (Å²) in [6, 6.07) is 0. The molecule has 1 aromatic heterocycles. The summed E-state index contributed by atoms with van der Waals surface area (Å²) in [4.78, 5) is 8.08. The van der Waals surface area contributed by atoms with Crippen LogP contribution in [0.25, 0.3) is 0 Å². The number of aromatic nitrogens is 2. The van der Waals surface area contributed by atoms with Crippen LogP contribution in [0.5, 0.6) is 0 Å². The van der Waals surface area contributed by atoms with Crippen molar-refractivity contribution in [3.8, 4) is 0 Å². The zero-order valence-corrected chi connectivity index (χ0v) is 13.1. The molecule has 0 aromatic carbocycles. The highest BCUT2D eigenvalue weighted by Crippen LogP contribution is 2.40. The SMILES string of the molecule is CS(=O)(=O)N1CCC2(CC1)C[C@H](Cc1cncnc1)CO2. The average Bonchev–Trinajstić information content (AvgIpc) is 2.82. The Morgan fingerprint density at radius 1 is 1.33 bits per heavy atom. The van der Waals surface area contributed by atoms with Gasteiger partial charge in [0.15, 0.2) is 0 Å². The van der Waals surface area contributed by atoms with Gasteiger partial charge in [0.1, 0.15) is 6.33 Å². The van der Waals surface area contributed by atoms with E-state index in [1.807, 2.05) is 12.4 Å². The molecule has 0 unspecified atom stereocenters. The first kappa shape index (κ1) is 14.9. The summed E-state index contributed by atoms with van der Waals surface area (Å²) in [5.41, 5.74) is 1.01. The third-order valence-electron chi connectivity index (χ3n) is 4.53. The second-order valence-electron chi connectivity index (χ2n) is 6.18. The normalized spacial score (nSPS) is 26.2. The predicted molar refractivity (Wildman–Crippen MR) is 78.2 cm³/mol. The first-order chi connectivity index (χ1) is 9.97. The standard InChI is InChI=1S/C14H21N3O3S/c1-21(18,19)17-4-2-14(3-5-17)7-12(10-20-14)6-13-8-15-11-16-9-13/h8-9,11-12H,2-7,10H2,1H3/t12-/m0/s1. The summed E-state index contributed by atoms with van der Waals surface area (Å²) in [5, 5.41) is 0. The molecular formula is C14H21N3O3S. The first-order valence-electron chi connectivity index (χ1n) is 7.30. The largest absolute Gasteiger partial charge is 0.375 e. The van der Waals surface area contributed by atoms with Crippen LogP contribution < -0.4 is 0 Å². The highest BCUT2D eigenvalue weighted by atomic mass is 32.2. The van der Waals surface area contributed by atoms with Crippen molar-refractivity contribution in [3.05, 3.63) is 24.3 Å². The van der Waals surface area contributed by atoms with E-state index in [9.17, 15) is 8.42 Å². The minimum atomic E-state index is -3.07. The third-order valence-corrected chi connectivity index (χ3v) is 5.83. The number of hydrogen-bond acceptors (Lipinski definition) is 5. The van der Waals surface area contributed by atoms with Gasteiger partial charge in [0.25, 0.3) is 0 Å². The topological polar surface area (TPSA) is 72.4 Å². The monoisotopic (exact) mass is 311 g/mol. The fourth-order valence-corrected chi connectivity index (χ4v) is 4.26. The molecule has 3 heterocycles. The third kappa shape index (κ3) is 3.41. The van der Waals surface area contributed by atoms with Gasteiger partial charge in [0.05, 0.1) is 18.5 Å². The van der Waals surface area contributed by atoms with E-state index >= 15 is 0 Å². The van der Waals surface area contributed by atoms with Crippen molar-refractivity contribution in [1.29, 1.82) is 0 Å². The highest BCUT2D eigenvalue weighted by Gasteiger charge is 2.43. The van der Waals surface area contributed by atoms with Gasteiger partial charge >= 0.3 is 0 Å². The van der Waals surface area contributed by atoms with Crippen LogP contribution in [0.2, 0.25) is 0 Å². The van der Waals surface area contributed by atoms with Crippen LogP contribution in [0.15, 0.2) is 18.7 Å². The van der Waals surface area contributed by atoms with Crippen molar-refractivity contribution >= 4 is 10.0 Å². The molecule has 21 heavy (non-hydrogen) atoms. The summed E-state index contributed by atoms with van der Waals surface area (Å²) in [7, 11) is -3.07. The van der Waals surface area contributed by atoms with Crippen molar-refractivity contribution in [2.45, 2.75) is 31.3 Å². The molecule has 3 rings (SSSR count).